The lowest BCUT2D eigenvalue weighted by Gasteiger charge is -2.34. The van der Waals surface area contributed by atoms with Crippen LogP contribution >= 0.6 is 0 Å². The van der Waals surface area contributed by atoms with Crippen molar-refractivity contribution in [3.63, 3.8) is 0 Å². The Labute approximate surface area is 75.5 Å². The van der Waals surface area contributed by atoms with E-state index in [1.54, 1.807) is 0 Å². The molecule has 0 heterocycles. The summed E-state index contributed by atoms with van der Waals surface area (Å²) in [7, 11) is 0. The van der Waals surface area contributed by atoms with E-state index in [1.165, 1.54) is 0 Å². The van der Waals surface area contributed by atoms with Gasteiger partial charge >= 0.3 is 0 Å². The summed E-state index contributed by atoms with van der Waals surface area (Å²) in [5.41, 5.74) is -0.513. The van der Waals surface area contributed by atoms with E-state index in [-0.39, 0.29) is 0 Å². The summed E-state index contributed by atoms with van der Waals surface area (Å²) in [5.74, 6) is 1.04. The maximum atomic E-state index is 10.2. The molecule has 1 heteroatoms. The standard InChI is InChI=1S/C11H20O/c1-4-10(3)11(12)7-5-9(2)6-8-11/h5,7,9-10,12H,4,6,8H2,1-3H3. The average Bonchev–Trinajstić information content (AvgIpc) is 2.09. The van der Waals surface area contributed by atoms with Crippen molar-refractivity contribution in [2.75, 3.05) is 0 Å². The van der Waals surface area contributed by atoms with E-state index in [4.69, 9.17) is 0 Å². The summed E-state index contributed by atoms with van der Waals surface area (Å²) >= 11 is 0. The van der Waals surface area contributed by atoms with Crippen LogP contribution in [0.1, 0.15) is 40.0 Å². The van der Waals surface area contributed by atoms with Crippen LogP contribution in [0.25, 0.3) is 0 Å². The predicted molar refractivity (Wildman–Crippen MR) is 51.9 cm³/mol. The fourth-order valence-corrected chi connectivity index (χ4v) is 1.73. The molecule has 0 spiro atoms. The fourth-order valence-electron chi connectivity index (χ4n) is 1.73. The van der Waals surface area contributed by atoms with E-state index in [0.29, 0.717) is 11.8 Å². The smallest absolute Gasteiger partial charge is 0.0853 e. The average molecular weight is 168 g/mol. The Morgan fingerprint density at radius 1 is 1.67 bits per heavy atom. The molecule has 0 aromatic heterocycles. The van der Waals surface area contributed by atoms with Crippen molar-refractivity contribution in [3.05, 3.63) is 12.2 Å². The molecule has 3 atom stereocenters. The molecule has 0 aliphatic heterocycles. The molecule has 0 amide bonds. The van der Waals surface area contributed by atoms with Gasteiger partial charge in [0.2, 0.25) is 0 Å². The highest BCUT2D eigenvalue weighted by Gasteiger charge is 2.31. The van der Waals surface area contributed by atoms with E-state index in [9.17, 15) is 5.11 Å². The zero-order chi connectivity index (χ0) is 9.19. The van der Waals surface area contributed by atoms with Gasteiger partial charge in [-0.15, -0.1) is 0 Å². The molecule has 0 radical (unpaired) electrons. The first kappa shape index (κ1) is 9.79. The van der Waals surface area contributed by atoms with Crippen LogP contribution in [-0.2, 0) is 0 Å². The normalized spacial score (nSPS) is 38.2. The minimum atomic E-state index is -0.513. The van der Waals surface area contributed by atoms with Crippen molar-refractivity contribution in [1.82, 2.24) is 0 Å². The molecule has 70 valence electrons. The number of hydrogen-bond donors (Lipinski definition) is 1. The van der Waals surface area contributed by atoms with Crippen LogP contribution in [0.4, 0.5) is 0 Å². The molecule has 0 aromatic rings. The minimum Gasteiger partial charge on any atom is -0.386 e. The monoisotopic (exact) mass is 168 g/mol. The Balaban J connectivity index is 2.66. The first-order chi connectivity index (χ1) is 5.58. The maximum Gasteiger partial charge on any atom is 0.0853 e. The van der Waals surface area contributed by atoms with Crippen molar-refractivity contribution in [2.45, 2.75) is 45.6 Å². The Morgan fingerprint density at radius 3 is 2.75 bits per heavy atom. The van der Waals surface area contributed by atoms with Crippen LogP contribution in [0, 0.1) is 11.8 Å². The second-order valence-electron chi connectivity index (χ2n) is 4.18. The van der Waals surface area contributed by atoms with Gasteiger partial charge in [0.15, 0.2) is 0 Å². The number of allylic oxidation sites excluding steroid dienone is 1. The topological polar surface area (TPSA) is 20.2 Å². The minimum absolute atomic E-state index is 0.390. The summed E-state index contributed by atoms with van der Waals surface area (Å²) in [6.07, 6.45) is 7.26. The number of rotatable bonds is 2. The first-order valence-electron chi connectivity index (χ1n) is 5.00. The summed E-state index contributed by atoms with van der Waals surface area (Å²) in [4.78, 5) is 0. The lowest BCUT2D eigenvalue weighted by Crippen LogP contribution is -2.36. The predicted octanol–water partition coefficient (Wildman–Crippen LogP) is 2.75. The maximum absolute atomic E-state index is 10.2. The second-order valence-corrected chi connectivity index (χ2v) is 4.18. The van der Waals surface area contributed by atoms with Gasteiger partial charge in [-0.25, -0.2) is 0 Å². The Bertz CT molecular complexity index is 174. The highest BCUT2D eigenvalue weighted by atomic mass is 16.3. The van der Waals surface area contributed by atoms with E-state index >= 15 is 0 Å². The molecule has 1 aliphatic carbocycles. The van der Waals surface area contributed by atoms with Crippen molar-refractivity contribution < 1.29 is 5.11 Å². The fraction of sp³-hybridized carbons (Fsp3) is 0.818. The Morgan fingerprint density at radius 2 is 2.33 bits per heavy atom. The van der Waals surface area contributed by atoms with Crippen LogP contribution in [0.15, 0.2) is 12.2 Å². The van der Waals surface area contributed by atoms with Gasteiger partial charge in [0, 0.05) is 0 Å². The largest absolute Gasteiger partial charge is 0.386 e. The SMILES string of the molecule is CCC(C)C1(O)C=CC(C)CC1. The van der Waals surface area contributed by atoms with Gasteiger partial charge in [0.1, 0.15) is 0 Å². The molecule has 0 saturated carbocycles. The quantitative estimate of drug-likeness (QED) is 0.629. The second kappa shape index (κ2) is 3.61. The van der Waals surface area contributed by atoms with Crippen LogP contribution in [0.2, 0.25) is 0 Å². The van der Waals surface area contributed by atoms with E-state index in [0.717, 1.165) is 19.3 Å². The molecule has 1 nitrogen and oxygen atoms in total. The van der Waals surface area contributed by atoms with Crippen LogP contribution < -0.4 is 0 Å². The molecule has 1 N–H and O–H groups in total. The molecule has 0 aromatic carbocycles. The highest BCUT2D eigenvalue weighted by molar-refractivity contribution is 5.08. The summed E-state index contributed by atoms with van der Waals surface area (Å²) < 4.78 is 0. The van der Waals surface area contributed by atoms with E-state index in [2.05, 4.69) is 26.8 Å². The van der Waals surface area contributed by atoms with Crippen molar-refractivity contribution in [2.24, 2.45) is 11.8 Å². The third kappa shape index (κ3) is 1.89. The number of hydrogen-bond acceptors (Lipinski definition) is 1. The van der Waals surface area contributed by atoms with Gasteiger partial charge in [0.05, 0.1) is 5.60 Å². The zero-order valence-corrected chi connectivity index (χ0v) is 8.38. The van der Waals surface area contributed by atoms with E-state index < -0.39 is 5.60 Å². The highest BCUT2D eigenvalue weighted by Crippen LogP contribution is 2.32. The lowest BCUT2D eigenvalue weighted by molar-refractivity contribution is 0.0161. The third-order valence-electron chi connectivity index (χ3n) is 3.18. The molecular formula is C11H20O. The molecule has 3 unspecified atom stereocenters. The summed E-state index contributed by atoms with van der Waals surface area (Å²) in [5, 5.41) is 10.2. The van der Waals surface area contributed by atoms with Crippen LogP contribution in [0.3, 0.4) is 0 Å². The van der Waals surface area contributed by atoms with Gasteiger partial charge in [-0.3, -0.25) is 0 Å². The lowest BCUT2D eigenvalue weighted by atomic mass is 9.77. The first-order valence-corrected chi connectivity index (χ1v) is 5.00. The van der Waals surface area contributed by atoms with Gasteiger partial charge in [-0.05, 0) is 24.7 Å². The Hall–Kier alpha value is -0.300. The van der Waals surface area contributed by atoms with Crippen molar-refractivity contribution >= 4 is 0 Å². The third-order valence-corrected chi connectivity index (χ3v) is 3.18. The number of aliphatic hydroxyl groups is 1. The van der Waals surface area contributed by atoms with Gasteiger partial charge < -0.3 is 5.11 Å². The molecule has 0 fully saturated rings. The molecule has 0 bridgehead atoms. The molecule has 1 rings (SSSR count). The Kier molecular flexibility index (Phi) is 2.94. The molecule has 12 heavy (non-hydrogen) atoms. The molecular weight excluding hydrogens is 148 g/mol. The van der Waals surface area contributed by atoms with Crippen LogP contribution in [0.5, 0.6) is 0 Å². The van der Waals surface area contributed by atoms with Crippen molar-refractivity contribution in [3.8, 4) is 0 Å². The van der Waals surface area contributed by atoms with Gasteiger partial charge in [-0.1, -0.05) is 39.3 Å². The van der Waals surface area contributed by atoms with Crippen LogP contribution in [-0.4, -0.2) is 10.7 Å². The summed E-state index contributed by atoms with van der Waals surface area (Å²) in [6, 6.07) is 0. The van der Waals surface area contributed by atoms with Gasteiger partial charge in [0.25, 0.3) is 0 Å². The molecule has 0 saturated heterocycles. The van der Waals surface area contributed by atoms with E-state index in [1.807, 2.05) is 6.08 Å². The molecule has 1 aliphatic rings. The van der Waals surface area contributed by atoms with Crippen molar-refractivity contribution in [1.29, 1.82) is 0 Å². The van der Waals surface area contributed by atoms with Gasteiger partial charge in [-0.2, -0.15) is 0 Å². The summed E-state index contributed by atoms with van der Waals surface area (Å²) in [6.45, 7) is 6.46. The zero-order valence-electron chi connectivity index (χ0n) is 8.38.